The van der Waals surface area contributed by atoms with E-state index in [2.05, 4.69) is 6.58 Å². The molecular formula is C11H14O2. The van der Waals surface area contributed by atoms with E-state index < -0.39 is 12.2 Å². The second-order valence-electron chi connectivity index (χ2n) is 2.98. The Bertz CT molecular complexity index is 256. The molecule has 0 aliphatic carbocycles. The van der Waals surface area contributed by atoms with Gasteiger partial charge < -0.3 is 10.2 Å². The van der Waals surface area contributed by atoms with Crippen molar-refractivity contribution < 1.29 is 10.2 Å². The summed E-state index contributed by atoms with van der Waals surface area (Å²) in [7, 11) is 0. The van der Waals surface area contributed by atoms with Crippen LogP contribution in [-0.2, 0) is 6.42 Å². The third-order valence-electron chi connectivity index (χ3n) is 1.92. The van der Waals surface area contributed by atoms with Gasteiger partial charge in [-0.15, -0.1) is 6.58 Å². The molecule has 2 nitrogen and oxygen atoms in total. The van der Waals surface area contributed by atoms with Crippen LogP contribution in [0.4, 0.5) is 0 Å². The van der Waals surface area contributed by atoms with Crippen LogP contribution in [0.15, 0.2) is 43.0 Å². The topological polar surface area (TPSA) is 40.5 Å². The van der Waals surface area contributed by atoms with Crippen molar-refractivity contribution in [3.8, 4) is 0 Å². The van der Waals surface area contributed by atoms with Gasteiger partial charge in [0, 0.05) is 6.42 Å². The molecule has 0 heterocycles. The molecule has 0 aliphatic heterocycles. The molecule has 0 unspecified atom stereocenters. The maximum absolute atomic E-state index is 9.45. The van der Waals surface area contributed by atoms with Gasteiger partial charge >= 0.3 is 0 Å². The van der Waals surface area contributed by atoms with Crippen molar-refractivity contribution in [3.63, 3.8) is 0 Å². The highest BCUT2D eigenvalue weighted by Gasteiger charge is 2.12. The summed E-state index contributed by atoms with van der Waals surface area (Å²) < 4.78 is 0. The second kappa shape index (κ2) is 4.80. The molecule has 0 saturated carbocycles. The van der Waals surface area contributed by atoms with Crippen LogP contribution in [0, 0.1) is 0 Å². The number of benzene rings is 1. The highest BCUT2D eigenvalue weighted by atomic mass is 16.3. The van der Waals surface area contributed by atoms with Crippen molar-refractivity contribution in [2.24, 2.45) is 0 Å². The van der Waals surface area contributed by atoms with Crippen molar-refractivity contribution in [2.45, 2.75) is 18.6 Å². The molecule has 0 spiro atoms. The van der Waals surface area contributed by atoms with Crippen molar-refractivity contribution in [1.82, 2.24) is 0 Å². The molecule has 1 aromatic carbocycles. The van der Waals surface area contributed by atoms with Gasteiger partial charge in [0.25, 0.3) is 0 Å². The van der Waals surface area contributed by atoms with E-state index >= 15 is 0 Å². The van der Waals surface area contributed by atoms with E-state index in [0.717, 1.165) is 5.56 Å². The molecular weight excluding hydrogens is 164 g/mol. The lowest BCUT2D eigenvalue weighted by atomic mass is 10.0. The maximum Gasteiger partial charge on any atom is 0.0980 e. The highest BCUT2D eigenvalue weighted by molar-refractivity contribution is 5.16. The summed E-state index contributed by atoms with van der Waals surface area (Å²) in [5.74, 6) is 0. The van der Waals surface area contributed by atoms with Gasteiger partial charge in [0.1, 0.15) is 0 Å². The summed E-state index contributed by atoms with van der Waals surface area (Å²) in [6.07, 6.45) is 0.182. The minimum atomic E-state index is -0.847. The van der Waals surface area contributed by atoms with Crippen LogP contribution in [0.1, 0.15) is 5.56 Å². The molecule has 2 atom stereocenters. The van der Waals surface area contributed by atoms with Crippen molar-refractivity contribution in [1.29, 1.82) is 0 Å². The SMILES string of the molecule is C=C[C@H](O)[C@@H](O)Cc1ccccc1. The van der Waals surface area contributed by atoms with Crippen LogP contribution >= 0.6 is 0 Å². The summed E-state index contributed by atoms with van der Waals surface area (Å²) in [5, 5.41) is 18.7. The largest absolute Gasteiger partial charge is 0.390 e. The quantitative estimate of drug-likeness (QED) is 0.679. The van der Waals surface area contributed by atoms with Crippen molar-refractivity contribution >= 4 is 0 Å². The van der Waals surface area contributed by atoms with Crippen molar-refractivity contribution in [2.75, 3.05) is 0 Å². The van der Waals surface area contributed by atoms with Crippen molar-refractivity contribution in [3.05, 3.63) is 48.6 Å². The van der Waals surface area contributed by atoms with E-state index in [4.69, 9.17) is 0 Å². The monoisotopic (exact) mass is 178 g/mol. The van der Waals surface area contributed by atoms with Crippen LogP contribution in [0.2, 0.25) is 0 Å². The Hall–Kier alpha value is -1.12. The third-order valence-corrected chi connectivity index (χ3v) is 1.92. The first-order valence-corrected chi connectivity index (χ1v) is 4.26. The summed E-state index contributed by atoms with van der Waals surface area (Å²) in [6.45, 7) is 3.41. The molecule has 2 heteroatoms. The van der Waals surface area contributed by atoms with Crippen LogP contribution in [0.25, 0.3) is 0 Å². The van der Waals surface area contributed by atoms with E-state index in [1.165, 1.54) is 6.08 Å². The maximum atomic E-state index is 9.45. The van der Waals surface area contributed by atoms with Gasteiger partial charge in [-0.1, -0.05) is 36.4 Å². The first-order chi connectivity index (χ1) is 6.24. The number of aliphatic hydroxyl groups is 2. The standard InChI is InChI=1S/C11H14O2/c1-2-10(12)11(13)8-9-6-4-3-5-7-9/h2-7,10-13H,1,8H2/t10-,11-/m0/s1. The smallest absolute Gasteiger partial charge is 0.0980 e. The second-order valence-corrected chi connectivity index (χ2v) is 2.98. The zero-order valence-corrected chi connectivity index (χ0v) is 7.43. The Labute approximate surface area is 78.2 Å². The van der Waals surface area contributed by atoms with Crippen LogP contribution in [0.3, 0.4) is 0 Å². The minimum absolute atomic E-state index is 0.452. The molecule has 0 bridgehead atoms. The molecule has 0 radical (unpaired) electrons. The summed E-state index contributed by atoms with van der Waals surface area (Å²) in [5.41, 5.74) is 1.01. The van der Waals surface area contributed by atoms with Gasteiger partial charge in [0.05, 0.1) is 12.2 Å². The van der Waals surface area contributed by atoms with E-state index in [0.29, 0.717) is 6.42 Å². The molecule has 1 aromatic rings. The molecule has 0 aromatic heterocycles. The zero-order chi connectivity index (χ0) is 9.68. The number of hydrogen-bond acceptors (Lipinski definition) is 2. The summed E-state index contributed by atoms with van der Waals surface area (Å²) in [4.78, 5) is 0. The van der Waals surface area contributed by atoms with Crippen LogP contribution < -0.4 is 0 Å². The van der Waals surface area contributed by atoms with Gasteiger partial charge in [-0.25, -0.2) is 0 Å². The molecule has 2 N–H and O–H groups in total. The normalized spacial score (nSPS) is 14.9. The van der Waals surface area contributed by atoms with E-state index in [1.807, 2.05) is 30.3 Å². The Morgan fingerprint density at radius 1 is 1.23 bits per heavy atom. The Morgan fingerprint density at radius 3 is 2.38 bits per heavy atom. The third kappa shape index (κ3) is 3.01. The van der Waals surface area contributed by atoms with Gasteiger partial charge in [-0.05, 0) is 5.56 Å². The number of aliphatic hydroxyl groups excluding tert-OH is 2. The predicted octanol–water partition coefficient (Wildman–Crippen LogP) is 1.14. The molecule has 0 saturated heterocycles. The molecule has 13 heavy (non-hydrogen) atoms. The van der Waals surface area contributed by atoms with E-state index in [9.17, 15) is 10.2 Å². The highest BCUT2D eigenvalue weighted by Crippen LogP contribution is 2.06. The average molecular weight is 178 g/mol. The van der Waals surface area contributed by atoms with Gasteiger partial charge in [0.15, 0.2) is 0 Å². The summed E-state index contributed by atoms with van der Waals surface area (Å²) >= 11 is 0. The molecule has 70 valence electrons. The fourth-order valence-electron chi connectivity index (χ4n) is 1.13. The van der Waals surface area contributed by atoms with E-state index in [1.54, 1.807) is 0 Å². The van der Waals surface area contributed by atoms with Gasteiger partial charge in [-0.3, -0.25) is 0 Å². The van der Waals surface area contributed by atoms with E-state index in [-0.39, 0.29) is 0 Å². The Morgan fingerprint density at radius 2 is 1.85 bits per heavy atom. The molecule has 0 aliphatic rings. The minimum Gasteiger partial charge on any atom is -0.390 e. The lowest BCUT2D eigenvalue weighted by Crippen LogP contribution is -2.25. The average Bonchev–Trinajstić information content (AvgIpc) is 2.18. The Kier molecular flexibility index (Phi) is 3.68. The number of hydrogen-bond donors (Lipinski definition) is 2. The fourth-order valence-corrected chi connectivity index (χ4v) is 1.13. The predicted molar refractivity (Wildman–Crippen MR) is 52.4 cm³/mol. The lowest BCUT2D eigenvalue weighted by Gasteiger charge is -2.13. The Balaban J connectivity index is 2.54. The molecule has 0 fully saturated rings. The first kappa shape index (κ1) is 9.96. The fraction of sp³-hybridized carbons (Fsp3) is 0.273. The van der Waals surface area contributed by atoms with Gasteiger partial charge in [-0.2, -0.15) is 0 Å². The number of rotatable bonds is 4. The lowest BCUT2D eigenvalue weighted by molar-refractivity contribution is 0.0495. The zero-order valence-electron chi connectivity index (χ0n) is 7.43. The summed E-state index contributed by atoms with van der Waals surface area (Å²) in [6, 6.07) is 9.56. The van der Waals surface area contributed by atoms with Crippen LogP contribution in [0.5, 0.6) is 0 Å². The first-order valence-electron chi connectivity index (χ1n) is 4.26. The molecule has 0 amide bonds. The van der Waals surface area contributed by atoms with Gasteiger partial charge in [0.2, 0.25) is 0 Å². The molecule has 1 rings (SSSR count). The van der Waals surface area contributed by atoms with Crippen LogP contribution in [-0.4, -0.2) is 22.4 Å².